The molecule has 0 unspecified atom stereocenters. The number of hydrogen-bond donors (Lipinski definition) is 1. The van der Waals surface area contributed by atoms with Crippen molar-refractivity contribution in [1.82, 2.24) is 9.97 Å². The summed E-state index contributed by atoms with van der Waals surface area (Å²) in [7, 11) is 3.29. The van der Waals surface area contributed by atoms with Crippen LogP contribution in [0.2, 0.25) is 0 Å². The highest BCUT2D eigenvalue weighted by atomic mass is 16.5. The third-order valence-corrected chi connectivity index (χ3v) is 5.10. The molecule has 150 valence electrons. The highest BCUT2D eigenvalue weighted by molar-refractivity contribution is 5.62. The number of anilines is 2. The van der Waals surface area contributed by atoms with Gasteiger partial charge in [0, 0.05) is 31.3 Å². The van der Waals surface area contributed by atoms with E-state index >= 15 is 0 Å². The Morgan fingerprint density at radius 2 is 1.66 bits per heavy atom. The maximum atomic E-state index is 5.41. The largest absolute Gasteiger partial charge is 0.493 e. The van der Waals surface area contributed by atoms with Crippen LogP contribution in [0.25, 0.3) is 11.4 Å². The lowest BCUT2D eigenvalue weighted by atomic mass is 10.2. The number of nitrogens with one attached hydrogen (secondary N) is 1. The molecule has 4 rings (SSSR count). The van der Waals surface area contributed by atoms with Crippen LogP contribution in [0.1, 0.15) is 18.4 Å². The monoisotopic (exact) mass is 390 g/mol. The van der Waals surface area contributed by atoms with Gasteiger partial charge in [-0.3, -0.25) is 0 Å². The Hall–Kier alpha value is -3.28. The predicted molar refractivity (Wildman–Crippen MR) is 116 cm³/mol. The van der Waals surface area contributed by atoms with Gasteiger partial charge in [0.15, 0.2) is 17.3 Å². The fourth-order valence-electron chi connectivity index (χ4n) is 3.53. The highest BCUT2D eigenvalue weighted by Gasteiger charge is 2.16. The highest BCUT2D eigenvalue weighted by Crippen LogP contribution is 2.29. The zero-order valence-electron chi connectivity index (χ0n) is 16.9. The molecule has 1 N–H and O–H groups in total. The first-order valence-corrected chi connectivity index (χ1v) is 9.91. The van der Waals surface area contributed by atoms with Crippen LogP contribution in [0.3, 0.4) is 0 Å². The summed E-state index contributed by atoms with van der Waals surface area (Å²) in [4.78, 5) is 11.9. The summed E-state index contributed by atoms with van der Waals surface area (Å²) in [5.74, 6) is 3.98. The maximum Gasteiger partial charge on any atom is 0.163 e. The van der Waals surface area contributed by atoms with Gasteiger partial charge >= 0.3 is 0 Å². The van der Waals surface area contributed by atoms with E-state index in [9.17, 15) is 0 Å². The maximum absolute atomic E-state index is 5.41. The van der Waals surface area contributed by atoms with Gasteiger partial charge in [-0.2, -0.15) is 0 Å². The molecule has 3 aromatic rings. The molecule has 6 nitrogen and oxygen atoms in total. The second-order valence-electron chi connectivity index (χ2n) is 7.04. The minimum Gasteiger partial charge on any atom is -0.493 e. The summed E-state index contributed by atoms with van der Waals surface area (Å²) in [6.07, 6.45) is 2.41. The molecule has 0 radical (unpaired) electrons. The van der Waals surface area contributed by atoms with E-state index in [1.165, 1.54) is 12.8 Å². The van der Waals surface area contributed by atoms with Crippen molar-refractivity contribution < 1.29 is 9.47 Å². The third kappa shape index (κ3) is 4.42. The van der Waals surface area contributed by atoms with Crippen LogP contribution in [0.5, 0.6) is 11.5 Å². The van der Waals surface area contributed by atoms with Gasteiger partial charge in [0.1, 0.15) is 11.6 Å². The Morgan fingerprint density at radius 3 is 2.38 bits per heavy atom. The van der Waals surface area contributed by atoms with E-state index in [4.69, 9.17) is 19.4 Å². The average Bonchev–Trinajstić information content (AvgIpc) is 3.33. The van der Waals surface area contributed by atoms with Crippen LogP contribution < -0.4 is 19.7 Å². The van der Waals surface area contributed by atoms with Gasteiger partial charge in [0.2, 0.25) is 0 Å². The lowest BCUT2D eigenvalue weighted by molar-refractivity contribution is 0.354. The Bertz CT molecular complexity index is 956. The fourth-order valence-corrected chi connectivity index (χ4v) is 3.53. The van der Waals surface area contributed by atoms with Crippen LogP contribution in [0.15, 0.2) is 54.6 Å². The van der Waals surface area contributed by atoms with E-state index in [1.807, 2.05) is 54.6 Å². The number of ether oxygens (including phenoxy) is 2. The van der Waals surface area contributed by atoms with Crippen molar-refractivity contribution in [1.29, 1.82) is 0 Å². The van der Waals surface area contributed by atoms with Crippen molar-refractivity contribution in [3.05, 3.63) is 60.2 Å². The smallest absolute Gasteiger partial charge is 0.163 e. The summed E-state index contributed by atoms with van der Waals surface area (Å²) in [6.45, 7) is 2.71. The topological polar surface area (TPSA) is 59.5 Å². The molecule has 29 heavy (non-hydrogen) atoms. The van der Waals surface area contributed by atoms with E-state index < -0.39 is 0 Å². The Kier molecular flexibility index (Phi) is 5.79. The van der Waals surface area contributed by atoms with Gasteiger partial charge in [-0.05, 0) is 30.5 Å². The molecule has 2 heterocycles. The number of nitrogens with zero attached hydrogens (tertiary/aromatic N) is 3. The molecule has 0 aliphatic carbocycles. The van der Waals surface area contributed by atoms with E-state index in [0.717, 1.165) is 53.2 Å². The number of hydrogen-bond acceptors (Lipinski definition) is 6. The zero-order valence-corrected chi connectivity index (χ0v) is 16.9. The van der Waals surface area contributed by atoms with E-state index in [2.05, 4.69) is 10.2 Å². The fraction of sp³-hybridized carbons (Fsp3) is 0.304. The van der Waals surface area contributed by atoms with Crippen LogP contribution in [0.4, 0.5) is 11.6 Å². The van der Waals surface area contributed by atoms with Gasteiger partial charge < -0.3 is 19.7 Å². The molecular weight excluding hydrogens is 364 g/mol. The first-order chi connectivity index (χ1) is 14.3. The zero-order chi connectivity index (χ0) is 20.1. The van der Waals surface area contributed by atoms with Crippen LogP contribution in [0, 0.1) is 0 Å². The average molecular weight is 390 g/mol. The SMILES string of the molecule is COc1ccc(CNc2cc(N3CCCC3)nc(-c3ccccc3)n2)cc1OC. The summed E-state index contributed by atoms with van der Waals surface area (Å²) >= 11 is 0. The van der Waals surface area contributed by atoms with Crippen molar-refractivity contribution in [3.63, 3.8) is 0 Å². The molecular formula is C23H26N4O2. The van der Waals surface area contributed by atoms with Gasteiger partial charge in [-0.15, -0.1) is 0 Å². The lowest BCUT2D eigenvalue weighted by Gasteiger charge is -2.18. The molecule has 0 amide bonds. The molecule has 1 saturated heterocycles. The Labute approximate surface area is 171 Å². The number of rotatable bonds is 7. The Morgan fingerprint density at radius 1 is 0.897 bits per heavy atom. The van der Waals surface area contributed by atoms with Gasteiger partial charge in [0.25, 0.3) is 0 Å². The predicted octanol–water partition coefficient (Wildman–Crippen LogP) is 4.37. The van der Waals surface area contributed by atoms with Crippen molar-refractivity contribution in [2.24, 2.45) is 0 Å². The summed E-state index contributed by atoms with van der Waals surface area (Å²) in [5.41, 5.74) is 2.10. The van der Waals surface area contributed by atoms with Crippen molar-refractivity contribution in [2.75, 3.05) is 37.5 Å². The summed E-state index contributed by atoms with van der Waals surface area (Å²) in [5, 5.41) is 3.45. The number of aromatic nitrogens is 2. The van der Waals surface area contributed by atoms with Gasteiger partial charge in [-0.25, -0.2) is 9.97 Å². The molecule has 2 aromatic carbocycles. The molecule has 1 aliphatic heterocycles. The molecule has 1 fully saturated rings. The van der Waals surface area contributed by atoms with Gasteiger partial charge in [0.05, 0.1) is 14.2 Å². The van der Waals surface area contributed by atoms with E-state index in [0.29, 0.717) is 6.54 Å². The minimum absolute atomic E-state index is 0.630. The quantitative estimate of drug-likeness (QED) is 0.646. The van der Waals surface area contributed by atoms with Crippen molar-refractivity contribution in [2.45, 2.75) is 19.4 Å². The first-order valence-electron chi connectivity index (χ1n) is 9.91. The summed E-state index contributed by atoms with van der Waals surface area (Å²) < 4.78 is 10.7. The molecule has 6 heteroatoms. The number of methoxy groups -OCH3 is 2. The third-order valence-electron chi connectivity index (χ3n) is 5.10. The van der Waals surface area contributed by atoms with Crippen LogP contribution >= 0.6 is 0 Å². The second-order valence-corrected chi connectivity index (χ2v) is 7.04. The van der Waals surface area contributed by atoms with Crippen molar-refractivity contribution in [3.8, 4) is 22.9 Å². The molecule has 0 atom stereocenters. The molecule has 0 bridgehead atoms. The first kappa shape index (κ1) is 19.1. The van der Waals surface area contributed by atoms with E-state index in [-0.39, 0.29) is 0 Å². The lowest BCUT2D eigenvalue weighted by Crippen LogP contribution is -2.20. The minimum atomic E-state index is 0.630. The second kappa shape index (κ2) is 8.82. The summed E-state index contributed by atoms with van der Waals surface area (Å²) in [6, 6.07) is 18.1. The van der Waals surface area contributed by atoms with Crippen LogP contribution in [-0.2, 0) is 6.54 Å². The van der Waals surface area contributed by atoms with Crippen molar-refractivity contribution >= 4 is 11.6 Å². The Balaban J connectivity index is 1.60. The molecule has 1 aliphatic rings. The molecule has 1 aromatic heterocycles. The van der Waals surface area contributed by atoms with Gasteiger partial charge in [-0.1, -0.05) is 36.4 Å². The normalized spacial score (nSPS) is 13.4. The van der Waals surface area contributed by atoms with Crippen LogP contribution in [-0.4, -0.2) is 37.3 Å². The standard InChI is InChI=1S/C23H26N4O2/c1-28-19-11-10-17(14-20(19)29-2)16-24-21-15-22(27-12-6-7-13-27)26-23(25-21)18-8-4-3-5-9-18/h3-5,8-11,14-15H,6-7,12-13,16H2,1-2H3,(H,24,25,26). The number of benzene rings is 2. The van der Waals surface area contributed by atoms with E-state index in [1.54, 1.807) is 14.2 Å². The molecule has 0 spiro atoms. The molecule has 0 saturated carbocycles.